The number of aromatic nitrogens is 1. The second-order valence-corrected chi connectivity index (χ2v) is 3.95. The Labute approximate surface area is 117 Å². The molecule has 0 saturated heterocycles. The van der Waals surface area contributed by atoms with Crippen LogP contribution in [-0.4, -0.2) is 17.6 Å². The molecule has 1 heterocycles. The van der Waals surface area contributed by atoms with Gasteiger partial charge in [-0.3, -0.25) is 4.98 Å². The first-order valence-corrected chi connectivity index (χ1v) is 6.18. The number of ether oxygens (including phenoxy) is 1. The molecule has 20 heavy (non-hydrogen) atoms. The Morgan fingerprint density at radius 2 is 1.90 bits per heavy atom. The summed E-state index contributed by atoms with van der Waals surface area (Å²) in [5.74, 6) is 5.75. The van der Waals surface area contributed by atoms with Gasteiger partial charge < -0.3 is 10.1 Å². The van der Waals surface area contributed by atoms with Crippen molar-refractivity contribution in [3.63, 3.8) is 0 Å². The van der Waals surface area contributed by atoms with Crippen molar-refractivity contribution in [1.29, 1.82) is 0 Å². The van der Waals surface area contributed by atoms with Crippen LogP contribution in [0.4, 0.5) is 4.79 Å². The molecular formula is C16H14N2O2. The molecule has 100 valence electrons. The quantitative estimate of drug-likeness (QED) is 0.868. The van der Waals surface area contributed by atoms with Gasteiger partial charge in [0.05, 0.1) is 6.54 Å². The number of hydrogen-bond acceptors (Lipinski definition) is 3. The normalized spacial score (nSPS) is 9.20. The van der Waals surface area contributed by atoms with Gasteiger partial charge in [0.2, 0.25) is 0 Å². The lowest BCUT2D eigenvalue weighted by molar-refractivity contribution is 0.141. The Morgan fingerprint density at radius 1 is 1.15 bits per heavy atom. The van der Waals surface area contributed by atoms with Gasteiger partial charge in [0.25, 0.3) is 0 Å². The Hall–Kier alpha value is -2.80. The van der Waals surface area contributed by atoms with E-state index in [4.69, 9.17) is 4.74 Å². The zero-order valence-corrected chi connectivity index (χ0v) is 10.9. The summed E-state index contributed by atoms with van der Waals surface area (Å²) in [6, 6.07) is 13.1. The number of carbonyl (C=O) groups is 1. The highest BCUT2D eigenvalue weighted by Crippen LogP contribution is 2.00. The van der Waals surface area contributed by atoms with E-state index in [1.165, 1.54) is 0 Å². The maximum Gasteiger partial charge on any atom is 0.408 e. The van der Waals surface area contributed by atoms with Gasteiger partial charge in [0, 0.05) is 18.0 Å². The molecule has 0 radical (unpaired) electrons. The van der Waals surface area contributed by atoms with Crippen LogP contribution in [0, 0.1) is 11.8 Å². The van der Waals surface area contributed by atoms with E-state index in [9.17, 15) is 4.79 Å². The molecule has 0 unspecified atom stereocenters. The molecule has 0 aliphatic heterocycles. The predicted octanol–water partition coefficient (Wildman–Crippen LogP) is 2.36. The van der Waals surface area contributed by atoms with Crippen molar-refractivity contribution in [1.82, 2.24) is 10.3 Å². The van der Waals surface area contributed by atoms with Crippen molar-refractivity contribution >= 4 is 6.09 Å². The number of benzene rings is 1. The fraction of sp³-hybridized carbons (Fsp3) is 0.125. The summed E-state index contributed by atoms with van der Waals surface area (Å²) in [5, 5.41) is 2.57. The number of nitrogens with zero attached hydrogens (tertiary/aromatic N) is 1. The molecule has 4 heteroatoms. The number of hydrogen-bond donors (Lipinski definition) is 1. The monoisotopic (exact) mass is 266 g/mol. The van der Waals surface area contributed by atoms with Gasteiger partial charge in [-0.25, -0.2) is 4.79 Å². The molecule has 0 fully saturated rings. The number of carbonyl (C=O) groups excluding carboxylic acids is 1. The molecule has 1 aromatic heterocycles. The maximum atomic E-state index is 11.4. The van der Waals surface area contributed by atoms with Gasteiger partial charge in [0.15, 0.2) is 0 Å². The van der Waals surface area contributed by atoms with Crippen molar-refractivity contribution in [3.05, 3.63) is 66.0 Å². The van der Waals surface area contributed by atoms with Crippen molar-refractivity contribution in [2.24, 2.45) is 0 Å². The summed E-state index contributed by atoms with van der Waals surface area (Å²) in [6.07, 6.45) is 2.87. The van der Waals surface area contributed by atoms with Crippen LogP contribution >= 0.6 is 0 Å². The van der Waals surface area contributed by atoms with E-state index in [0.29, 0.717) is 0 Å². The molecule has 4 nitrogen and oxygen atoms in total. The molecule has 0 atom stereocenters. The lowest BCUT2D eigenvalue weighted by Gasteiger charge is -2.04. The minimum atomic E-state index is -0.474. The average Bonchev–Trinajstić information content (AvgIpc) is 2.52. The summed E-state index contributed by atoms with van der Waals surface area (Å²) >= 11 is 0. The number of nitrogens with one attached hydrogen (secondary N) is 1. The average molecular weight is 266 g/mol. The van der Waals surface area contributed by atoms with Crippen LogP contribution in [0.5, 0.6) is 0 Å². The third-order valence-electron chi connectivity index (χ3n) is 2.45. The first-order valence-electron chi connectivity index (χ1n) is 6.18. The van der Waals surface area contributed by atoms with Crippen molar-refractivity contribution < 1.29 is 9.53 Å². The molecule has 1 aromatic carbocycles. The van der Waals surface area contributed by atoms with Gasteiger partial charge in [-0.2, -0.15) is 0 Å². The summed E-state index contributed by atoms with van der Waals surface area (Å²) < 4.78 is 5.05. The van der Waals surface area contributed by atoms with Crippen molar-refractivity contribution in [2.45, 2.75) is 6.61 Å². The Balaban J connectivity index is 1.70. The molecule has 0 saturated carbocycles. The van der Waals surface area contributed by atoms with Crippen molar-refractivity contribution in [2.75, 3.05) is 6.54 Å². The molecular weight excluding hydrogens is 252 g/mol. The van der Waals surface area contributed by atoms with E-state index in [1.807, 2.05) is 30.3 Å². The second kappa shape index (κ2) is 7.59. The van der Waals surface area contributed by atoms with E-state index in [1.54, 1.807) is 24.5 Å². The van der Waals surface area contributed by atoms with Crippen LogP contribution in [-0.2, 0) is 11.3 Å². The van der Waals surface area contributed by atoms with Gasteiger partial charge in [-0.05, 0) is 17.7 Å². The van der Waals surface area contributed by atoms with Gasteiger partial charge in [0.1, 0.15) is 6.61 Å². The molecule has 2 aromatic rings. The number of amides is 1. The highest BCUT2D eigenvalue weighted by atomic mass is 16.5. The summed E-state index contributed by atoms with van der Waals surface area (Å²) in [4.78, 5) is 15.3. The zero-order valence-electron chi connectivity index (χ0n) is 10.9. The van der Waals surface area contributed by atoms with Crippen LogP contribution in [0.25, 0.3) is 0 Å². The zero-order chi connectivity index (χ0) is 14.0. The molecule has 0 aliphatic carbocycles. The second-order valence-electron chi connectivity index (χ2n) is 3.95. The highest BCUT2D eigenvalue weighted by molar-refractivity contribution is 5.67. The van der Waals surface area contributed by atoms with E-state index in [2.05, 4.69) is 22.1 Å². The number of alkyl carbamates (subject to hydrolysis) is 1. The van der Waals surface area contributed by atoms with Gasteiger partial charge in [-0.15, -0.1) is 0 Å². The molecule has 2 rings (SSSR count). The van der Waals surface area contributed by atoms with E-state index in [0.717, 1.165) is 11.1 Å². The van der Waals surface area contributed by atoms with Crippen molar-refractivity contribution in [3.8, 4) is 11.8 Å². The molecule has 0 spiro atoms. The largest absolute Gasteiger partial charge is 0.445 e. The lowest BCUT2D eigenvalue weighted by Crippen LogP contribution is -2.24. The molecule has 1 N–H and O–H groups in total. The molecule has 0 aliphatic rings. The Bertz CT molecular complexity index is 601. The molecule has 1 amide bonds. The van der Waals surface area contributed by atoms with Crippen LogP contribution < -0.4 is 5.32 Å². The van der Waals surface area contributed by atoms with Crippen LogP contribution in [0.15, 0.2) is 54.9 Å². The Morgan fingerprint density at radius 3 is 2.65 bits per heavy atom. The Kier molecular flexibility index (Phi) is 5.17. The predicted molar refractivity (Wildman–Crippen MR) is 75.7 cm³/mol. The topological polar surface area (TPSA) is 51.2 Å². The smallest absolute Gasteiger partial charge is 0.408 e. The summed E-state index contributed by atoms with van der Waals surface area (Å²) in [7, 11) is 0. The highest BCUT2D eigenvalue weighted by Gasteiger charge is 1.99. The van der Waals surface area contributed by atoms with Crippen LogP contribution in [0.2, 0.25) is 0 Å². The van der Waals surface area contributed by atoms with E-state index in [-0.39, 0.29) is 13.2 Å². The van der Waals surface area contributed by atoms with Crippen LogP contribution in [0.1, 0.15) is 11.1 Å². The first-order chi connectivity index (χ1) is 9.84. The minimum Gasteiger partial charge on any atom is -0.445 e. The van der Waals surface area contributed by atoms with Gasteiger partial charge >= 0.3 is 6.09 Å². The standard InChI is InChI=1S/C16H14N2O2/c19-16(20-13-15-5-2-1-3-6-15)18-10-4-7-14-8-11-17-12-9-14/h1-3,5-6,8-9,11-12H,10,13H2,(H,18,19). The van der Waals surface area contributed by atoms with E-state index >= 15 is 0 Å². The fourth-order valence-corrected chi connectivity index (χ4v) is 1.47. The number of pyridine rings is 1. The molecule has 0 bridgehead atoms. The summed E-state index contributed by atoms with van der Waals surface area (Å²) in [5.41, 5.74) is 1.81. The third-order valence-corrected chi connectivity index (χ3v) is 2.45. The summed E-state index contributed by atoms with van der Waals surface area (Å²) in [6.45, 7) is 0.500. The first kappa shape index (κ1) is 13.6. The lowest BCUT2D eigenvalue weighted by atomic mass is 10.2. The minimum absolute atomic E-state index is 0.246. The number of rotatable bonds is 3. The van der Waals surface area contributed by atoms with Crippen LogP contribution in [0.3, 0.4) is 0 Å². The van der Waals surface area contributed by atoms with E-state index < -0.39 is 6.09 Å². The fourth-order valence-electron chi connectivity index (χ4n) is 1.47. The third kappa shape index (κ3) is 4.83. The SMILES string of the molecule is O=C(NCC#Cc1ccncc1)OCc1ccccc1. The van der Waals surface area contributed by atoms with Gasteiger partial charge in [-0.1, -0.05) is 42.2 Å². The maximum absolute atomic E-state index is 11.4.